The second-order valence-corrected chi connectivity index (χ2v) is 0.583. The molecule has 4 heteroatoms. The van der Waals surface area contributed by atoms with Gasteiger partial charge in [-0.1, -0.05) is 0 Å². The van der Waals surface area contributed by atoms with Gasteiger partial charge < -0.3 is 4.89 Å². The van der Waals surface area contributed by atoms with E-state index in [4.69, 9.17) is 5.26 Å². The summed E-state index contributed by atoms with van der Waals surface area (Å²) >= 11 is 0. The summed E-state index contributed by atoms with van der Waals surface area (Å²) in [6, 6.07) is 0. The molecule has 0 aromatic rings. The molecule has 6 heavy (non-hydrogen) atoms. The summed E-state index contributed by atoms with van der Waals surface area (Å²) in [7, 11) is 0. The number of hydrogen-bond acceptors (Lipinski definition) is 3. The summed E-state index contributed by atoms with van der Waals surface area (Å²) in [5, 5.41) is 7.29. The van der Waals surface area contributed by atoms with E-state index in [0.29, 0.717) is 0 Å². The maximum Gasteiger partial charge on any atom is 0.339 e. The van der Waals surface area contributed by atoms with E-state index < -0.39 is 5.97 Å². The van der Waals surface area contributed by atoms with Gasteiger partial charge in [0.15, 0.2) is 0 Å². The molecule has 0 spiro atoms. The first-order valence-electron chi connectivity index (χ1n) is 1.09. The van der Waals surface area contributed by atoms with Crippen LogP contribution in [0.4, 0.5) is 0 Å². The molecule has 0 aliphatic heterocycles. The van der Waals surface area contributed by atoms with E-state index in [0.717, 1.165) is 6.92 Å². The first-order valence-corrected chi connectivity index (χ1v) is 1.09. The van der Waals surface area contributed by atoms with E-state index in [-0.39, 0.29) is 16.8 Å². The Morgan fingerprint density at radius 3 is 2.00 bits per heavy atom. The minimum Gasteiger partial charge on any atom is -0.301 e. The van der Waals surface area contributed by atoms with Crippen LogP contribution in [-0.4, -0.2) is 11.2 Å². The molecule has 1 N–H and O–H groups in total. The van der Waals surface area contributed by atoms with Crippen LogP contribution < -0.4 is 0 Å². The van der Waals surface area contributed by atoms with Crippen molar-refractivity contribution in [1.82, 2.24) is 0 Å². The number of carbonyl (C=O) groups excluding carboxylic acids is 1. The molecule has 0 amide bonds. The molecule has 0 aromatic heterocycles. The van der Waals surface area contributed by atoms with E-state index in [1.165, 1.54) is 0 Å². The van der Waals surface area contributed by atoms with E-state index in [9.17, 15) is 4.79 Å². The minimum atomic E-state index is -0.690. The van der Waals surface area contributed by atoms with Gasteiger partial charge in [-0.15, -0.1) is 0 Å². The van der Waals surface area contributed by atoms with Crippen molar-refractivity contribution in [1.29, 1.82) is 0 Å². The van der Waals surface area contributed by atoms with Crippen molar-refractivity contribution < 1.29 is 31.7 Å². The van der Waals surface area contributed by atoms with Gasteiger partial charge in [0.05, 0.1) is 0 Å². The van der Waals surface area contributed by atoms with E-state index in [2.05, 4.69) is 4.89 Å². The summed E-state index contributed by atoms with van der Waals surface area (Å²) in [4.78, 5) is 12.5. The second kappa shape index (κ2) is 4.94. The second-order valence-electron chi connectivity index (χ2n) is 0.583. The quantitative estimate of drug-likeness (QED) is 0.376. The fraction of sp³-hybridized carbons (Fsp3) is 0.500. The fourth-order valence-corrected chi connectivity index (χ4v) is 0. The van der Waals surface area contributed by atoms with Gasteiger partial charge in [0.1, 0.15) is 0 Å². The Morgan fingerprint density at radius 2 is 2.00 bits per heavy atom. The van der Waals surface area contributed by atoms with Crippen LogP contribution >= 0.6 is 0 Å². The van der Waals surface area contributed by atoms with E-state index >= 15 is 0 Å². The molecule has 0 saturated heterocycles. The molecule has 0 aliphatic carbocycles. The van der Waals surface area contributed by atoms with Gasteiger partial charge in [0.2, 0.25) is 0 Å². The molecule has 0 fully saturated rings. The summed E-state index contributed by atoms with van der Waals surface area (Å²) in [5.41, 5.74) is 0. The molecule has 0 unspecified atom stereocenters. The van der Waals surface area contributed by atoms with Crippen LogP contribution in [-0.2, 0) is 26.5 Å². The normalized spacial score (nSPS) is 5.67. The third-order valence-corrected chi connectivity index (χ3v) is 0.129. The molecule has 0 heterocycles. The summed E-state index contributed by atoms with van der Waals surface area (Å²) in [6.45, 7) is 1.11. The molecule has 0 atom stereocenters. The predicted molar refractivity (Wildman–Crippen MR) is 14.4 cm³/mol. The van der Waals surface area contributed by atoms with Crippen LogP contribution in [0.2, 0.25) is 0 Å². The molecule has 0 aliphatic rings. The SMILES string of the molecule is CC(=O)OO.[Co]. The smallest absolute Gasteiger partial charge is 0.301 e. The van der Waals surface area contributed by atoms with E-state index in [1.54, 1.807) is 0 Å². The standard InChI is InChI=1S/C2H4O3.Co/c1-2(3)5-4;/h4H,1H3;. The van der Waals surface area contributed by atoms with Gasteiger partial charge in [-0.2, -0.15) is 5.26 Å². The average molecular weight is 135 g/mol. The van der Waals surface area contributed by atoms with Crippen LogP contribution in [0.25, 0.3) is 0 Å². The zero-order valence-corrected chi connectivity index (χ0v) is 4.14. The minimum absolute atomic E-state index is 0. The zero-order valence-electron chi connectivity index (χ0n) is 3.10. The fourth-order valence-electron chi connectivity index (χ4n) is 0. The first kappa shape index (κ1) is 9.34. The molecule has 3 nitrogen and oxygen atoms in total. The van der Waals surface area contributed by atoms with Crippen LogP contribution in [0, 0.1) is 0 Å². The van der Waals surface area contributed by atoms with Crippen molar-refractivity contribution in [2.24, 2.45) is 0 Å². The topological polar surface area (TPSA) is 46.5 Å². The number of hydrogen-bond donors (Lipinski definition) is 1. The zero-order chi connectivity index (χ0) is 4.28. The Balaban J connectivity index is 0. The largest absolute Gasteiger partial charge is 0.339 e. The molecule has 1 radical (unpaired) electrons. The van der Waals surface area contributed by atoms with Gasteiger partial charge >= 0.3 is 5.97 Å². The number of rotatable bonds is 0. The van der Waals surface area contributed by atoms with Gasteiger partial charge in [0, 0.05) is 23.7 Å². The molecule has 0 saturated carbocycles. The molecule has 39 valence electrons. The van der Waals surface area contributed by atoms with Crippen LogP contribution in [0.3, 0.4) is 0 Å². The van der Waals surface area contributed by atoms with Gasteiger partial charge in [-0.25, -0.2) is 4.79 Å². The summed E-state index contributed by atoms with van der Waals surface area (Å²) < 4.78 is 0. The molecular formula is C2H4CoO3. The monoisotopic (exact) mass is 135 g/mol. The summed E-state index contributed by atoms with van der Waals surface area (Å²) in [6.07, 6.45) is 0. The third kappa shape index (κ3) is 9.05. The van der Waals surface area contributed by atoms with Crippen LogP contribution in [0.15, 0.2) is 0 Å². The van der Waals surface area contributed by atoms with Crippen LogP contribution in [0.5, 0.6) is 0 Å². The van der Waals surface area contributed by atoms with Crippen molar-refractivity contribution >= 4 is 5.97 Å². The average Bonchev–Trinajstić information content (AvgIpc) is 1.38. The van der Waals surface area contributed by atoms with Crippen molar-refractivity contribution in [3.05, 3.63) is 0 Å². The Bertz CT molecular complexity index is 44.1. The number of carbonyl (C=O) groups is 1. The van der Waals surface area contributed by atoms with Gasteiger partial charge in [0.25, 0.3) is 0 Å². The van der Waals surface area contributed by atoms with Crippen molar-refractivity contribution in [3.8, 4) is 0 Å². The summed E-state index contributed by atoms with van der Waals surface area (Å²) in [5.74, 6) is -0.690. The van der Waals surface area contributed by atoms with Crippen molar-refractivity contribution in [3.63, 3.8) is 0 Å². The van der Waals surface area contributed by atoms with Crippen LogP contribution in [0.1, 0.15) is 6.92 Å². The molecular weight excluding hydrogens is 131 g/mol. The van der Waals surface area contributed by atoms with Gasteiger partial charge in [-0.3, -0.25) is 0 Å². The third-order valence-electron chi connectivity index (χ3n) is 0.129. The maximum atomic E-state index is 9.34. The Kier molecular flexibility index (Phi) is 7.68. The Labute approximate surface area is 45.4 Å². The van der Waals surface area contributed by atoms with Gasteiger partial charge in [-0.05, 0) is 0 Å². The Hall–Kier alpha value is -0.0635. The van der Waals surface area contributed by atoms with Crippen molar-refractivity contribution in [2.45, 2.75) is 6.92 Å². The van der Waals surface area contributed by atoms with E-state index in [1.807, 2.05) is 0 Å². The predicted octanol–water partition coefficient (Wildman–Crippen LogP) is 0.0200. The first-order chi connectivity index (χ1) is 2.27. The maximum absolute atomic E-state index is 9.34. The molecule has 0 aromatic carbocycles. The van der Waals surface area contributed by atoms with Crippen molar-refractivity contribution in [2.75, 3.05) is 0 Å². The molecule has 0 bridgehead atoms. The Morgan fingerprint density at radius 1 is 1.83 bits per heavy atom. The molecule has 0 rings (SSSR count).